The highest BCUT2D eigenvalue weighted by atomic mass is 16.2. The second kappa shape index (κ2) is 5.88. The standard InChI is InChI=1S/C17H18N2O/c20-17(16-10-5-11-18-16)19-15-9-4-8-14(12-15)13-6-2-1-3-7-13/h1-4,6-9,12,16,18H,5,10-11H2,(H,19,20)/t16-/m1/s1. The molecular formula is C17H18N2O. The maximum Gasteiger partial charge on any atom is 0.241 e. The molecule has 1 fully saturated rings. The Morgan fingerprint density at radius 2 is 1.85 bits per heavy atom. The molecule has 0 bridgehead atoms. The molecule has 1 atom stereocenters. The second-order valence-electron chi connectivity index (χ2n) is 5.09. The third-order valence-electron chi connectivity index (χ3n) is 3.61. The first-order valence-electron chi connectivity index (χ1n) is 7.03. The van der Waals surface area contributed by atoms with Crippen molar-refractivity contribution in [2.45, 2.75) is 18.9 Å². The molecule has 102 valence electrons. The minimum Gasteiger partial charge on any atom is -0.325 e. The Labute approximate surface area is 119 Å². The molecule has 1 heterocycles. The molecule has 2 aromatic carbocycles. The van der Waals surface area contributed by atoms with E-state index in [0.29, 0.717) is 0 Å². The first kappa shape index (κ1) is 12.9. The Morgan fingerprint density at radius 1 is 1.05 bits per heavy atom. The summed E-state index contributed by atoms with van der Waals surface area (Å²) in [6.45, 7) is 0.933. The Hall–Kier alpha value is -2.13. The van der Waals surface area contributed by atoms with Gasteiger partial charge in [0.1, 0.15) is 0 Å². The van der Waals surface area contributed by atoms with Crippen molar-refractivity contribution in [3.8, 4) is 11.1 Å². The largest absolute Gasteiger partial charge is 0.325 e. The van der Waals surface area contributed by atoms with E-state index >= 15 is 0 Å². The molecule has 0 saturated carbocycles. The summed E-state index contributed by atoms with van der Waals surface area (Å²) < 4.78 is 0. The average molecular weight is 266 g/mol. The second-order valence-corrected chi connectivity index (χ2v) is 5.09. The van der Waals surface area contributed by atoms with Gasteiger partial charge in [0.15, 0.2) is 0 Å². The van der Waals surface area contributed by atoms with E-state index in [0.717, 1.165) is 36.2 Å². The molecule has 1 amide bonds. The zero-order valence-electron chi connectivity index (χ0n) is 11.3. The molecule has 0 radical (unpaired) electrons. The van der Waals surface area contributed by atoms with Crippen molar-refractivity contribution >= 4 is 11.6 Å². The van der Waals surface area contributed by atoms with Crippen molar-refractivity contribution in [2.24, 2.45) is 0 Å². The molecule has 0 aromatic heterocycles. The molecule has 1 aliphatic heterocycles. The highest BCUT2D eigenvalue weighted by Crippen LogP contribution is 2.22. The van der Waals surface area contributed by atoms with E-state index in [-0.39, 0.29) is 11.9 Å². The van der Waals surface area contributed by atoms with Gasteiger partial charge >= 0.3 is 0 Å². The summed E-state index contributed by atoms with van der Waals surface area (Å²) in [5.74, 6) is 0.0627. The predicted molar refractivity (Wildman–Crippen MR) is 81.5 cm³/mol. The summed E-state index contributed by atoms with van der Waals surface area (Å²) >= 11 is 0. The number of nitrogens with one attached hydrogen (secondary N) is 2. The molecule has 3 nitrogen and oxygen atoms in total. The average Bonchev–Trinajstić information content (AvgIpc) is 3.03. The van der Waals surface area contributed by atoms with Gasteiger partial charge in [0, 0.05) is 5.69 Å². The topological polar surface area (TPSA) is 41.1 Å². The van der Waals surface area contributed by atoms with Crippen LogP contribution in [0.15, 0.2) is 54.6 Å². The van der Waals surface area contributed by atoms with E-state index in [1.54, 1.807) is 0 Å². The molecule has 1 aliphatic rings. The highest BCUT2D eigenvalue weighted by molar-refractivity contribution is 5.95. The van der Waals surface area contributed by atoms with Gasteiger partial charge in [-0.2, -0.15) is 0 Å². The Bertz CT molecular complexity index is 589. The van der Waals surface area contributed by atoms with Crippen LogP contribution >= 0.6 is 0 Å². The maximum absolute atomic E-state index is 12.1. The van der Waals surface area contributed by atoms with Gasteiger partial charge in [0.05, 0.1) is 6.04 Å². The van der Waals surface area contributed by atoms with Crippen molar-refractivity contribution in [2.75, 3.05) is 11.9 Å². The smallest absolute Gasteiger partial charge is 0.241 e. The Morgan fingerprint density at radius 3 is 2.60 bits per heavy atom. The summed E-state index contributed by atoms with van der Waals surface area (Å²) in [6, 6.07) is 18.1. The van der Waals surface area contributed by atoms with Gasteiger partial charge in [-0.05, 0) is 42.6 Å². The molecule has 1 saturated heterocycles. The third-order valence-corrected chi connectivity index (χ3v) is 3.61. The SMILES string of the molecule is O=C(Nc1cccc(-c2ccccc2)c1)[C@H]1CCCN1. The minimum atomic E-state index is -0.0459. The summed E-state index contributed by atoms with van der Waals surface area (Å²) in [6.07, 6.45) is 1.99. The van der Waals surface area contributed by atoms with E-state index in [1.807, 2.05) is 36.4 Å². The van der Waals surface area contributed by atoms with E-state index in [2.05, 4.69) is 28.8 Å². The van der Waals surface area contributed by atoms with Crippen molar-refractivity contribution in [3.05, 3.63) is 54.6 Å². The van der Waals surface area contributed by atoms with Gasteiger partial charge in [0.2, 0.25) is 5.91 Å². The Balaban J connectivity index is 1.76. The fraction of sp³-hybridized carbons (Fsp3) is 0.235. The van der Waals surface area contributed by atoms with Crippen LogP contribution in [0.2, 0.25) is 0 Å². The van der Waals surface area contributed by atoms with Gasteiger partial charge in [-0.15, -0.1) is 0 Å². The van der Waals surface area contributed by atoms with Crippen LogP contribution < -0.4 is 10.6 Å². The lowest BCUT2D eigenvalue weighted by Crippen LogP contribution is -2.35. The van der Waals surface area contributed by atoms with Gasteiger partial charge in [-0.25, -0.2) is 0 Å². The number of hydrogen-bond donors (Lipinski definition) is 2. The zero-order valence-corrected chi connectivity index (χ0v) is 11.3. The molecule has 0 unspecified atom stereocenters. The monoisotopic (exact) mass is 266 g/mol. The zero-order chi connectivity index (χ0) is 13.8. The molecule has 2 aromatic rings. The first-order chi connectivity index (χ1) is 9.83. The van der Waals surface area contributed by atoms with Crippen molar-refractivity contribution in [1.82, 2.24) is 5.32 Å². The fourth-order valence-corrected chi connectivity index (χ4v) is 2.54. The highest BCUT2D eigenvalue weighted by Gasteiger charge is 2.21. The summed E-state index contributed by atoms with van der Waals surface area (Å²) in [5.41, 5.74) is 3.12. The fourth-order valence-electron chi connectivity index (χ4n) is 2.54. The molecule has 3 heteroatoms. The first-order valence-corrected chi connectivity index (χ1v) is 7.03. The maximum atomic E-state index is 12.1. The molecule has 20 heavy (non-hydrogen) atoms. The quantitative estimate of drug-likeness (QED) is 0.896. The number of benzene rings is 2. The lowest BCUT2D eigenvalue weighted by Gasteiger charge is -2.12. The number of rotatable bonds is 3. The lowest BCUT2D eigenvalue weighted by atomic mass is 10.1. The van der Waals surface area contributed by atoms with Crippen LogP contribution in [-0.4, -0.2) is 18.5 Å². The Kier molecular flexibility index (Phi) is 3.79. The van der Waals surface area contributed by atoms with Gasteiger partial charge < -0.3 is 10.6 Å². The van der Waals surface area contributed by atoms with Crippen LogP contribution in [0.1, 0.15) is 12.8 Å². The van der Waals surface area contributed by atoms with Gasteiger partial charge in [-0.3, -0.25) is 4.79 Å². The van der Waals surface area contributed by atoms with E-state index in [4.69, 9.17) is 0 Å². The minimum absolute atomic E-state index is 0.0459. The van der Waals surface area contributed by atoms with E-state index in [9.17, 15) is 4.79 Å². The van der Waals surface area contributed by atoms with Crippen LogP contribution in [0.3, 0.4) is 0 Å². The van der Waals surface area contributed by atoms with Crippen molar-refractivity contribution < 1.29 is 4.79 Å². The molecule has 0 spiro atoms. The summed E-state index contributed by atoms with van der Waals surface area (Å²) in [7, 11) is 0. The molecule has 3 rings (SSSR count). The van der Waals surface area contributed by atoms with E-state index < -0.39 is 0 Å². The van der Waals surface area contributed by atoms with Crippen LogP contribution in [0.5, 0.6) is 0 Å². The number of anilines is 1. The van der Waals surface area contributed by atoms with Crippen LogP contribution in [-0.2, 0) is 4.79 Å². The number of carbonyl (C=O) groups is 1. The van der Waals surface area contributed by atoms with Gasteiger partial charge in [0.25, 0.3) is 0 Å². The normalized spacial score (nSPS) is 17.9. The summed E-state index contributed by atoms with van der Waals surface area (Å²) in [4.78, 5) is 12.1. The van der Waals surface area contributed by atoms with E-state index in [1.165, 1.54) is 0 Å². The van der Waals surface area contributed by atoms with Crippen molar-refractivity contribution in [1.29, 1.82) is 0 Å². The predicted octanol–water partition coefficient (Wildman–Crippen LogP) is 3.04. The van der Waals surface area contributed by atoms with Crippen molar-refractivity contribution in [3.63, 3.8) is 0 Å². The van der Waals surface area contributed by atoms with Crippen LogP contribution in [0, 0.1) is 0 Å². The van der Waals surface area contributed by atoms with Crippen LogP contribution in [0.4, 0.5) is 5.69 Å². The molecular weight excluding hydrogens is 248 g/mol. The lowest BCUT2D eigenvalue weighted by molar-refractivity contribution is -0.117. The van der Waals surface area contributed by atoms with Gasteiger partial charge in [-0.1, -0.05) is 42.5 Å². The third kappa shape index (κ3) is 2.89. The number of carbonyl (C=O) groups excluding carboxylic acids is 1. The van der Waals surface area contributed by atoms with Crippen LogP contribution in [0.25, 0.3) is 11.1 Å². The summed E-state index contributed by atoms with van der Waals surface area (Å²) in [5, 5.41) is 6.20. The number of hydrogen-bond acceptors (Lipinski definition) is 2. The molecule has 2 N–H and O–H groups in total. The number of amides is 1. The molecule has 0 aliphatic carbocycles.